The fraction of sp³-hybridized carbons (Fsp3) is 0.250. The maximum Gasteiger partial charge on any atom is 0.146 e. The van der Waals surface area contributed by atoms with Crippen LogP contribution >= 0.6 is 12.4 Å². The number of fused-ring (bicyclic) bond motifs is 1. The Morgan fingerprint density at radius 1 is 1.08 bits per heavy atom. The summed E-state index contributed by atoms with van der Waals surface area (Å²) in [6, 6.07) is 18.9. The molecule has 1 aliphatic heterocycles. The first-order chi connectivity index (χ1) is 11.9. The maximum atomic E-state index is 6.03. The quantitative estimate of drug-likeness (QED) is 0.726. The Hall–Kier alpha value is -2.30. The van der Waals surface area contributed by atoms with Crippen molar-refractivity contribution < 1.29 is 4.74 Å². The summed E-state index contributed by atoms with van der Waals surface area (Å²) < 4.78 is 6.03. The molecule has 130 valence electrons. The number of pyridine rings is 1. The molecular weight excluding hydrogens is 334 g/mol. The van der Waals surface area contributed by atoms with E-state index in [1.165, 1.54) is 0 Å². The van der Waals surface area contributed by atoms with E-state index in [0.717, 1.165) is 47.4 Å². The van der Waals surface area contributed by atoms with Crippen LogP contribution < -0.4 is 15.4 Å². The lowest BCUT2D eigenvalue weighted by Crippen LogP contribution is -2.22. The molecule has 1 aromatic heterocycles. The third kappa shape index (κ3) is 4.03. The SMILES string of the molecule is Cl.c1ccc(COc2ccc(N[C@H]3CCNC3)c3cccnc23)cc1. The topological polar surface area (TPSA) is 46.2 Å². The van der Waals surface area contributed by atoms with Crippen molar-refractivity contribution in [3.05, 3.63) is 66.4 Å². The van der Waals surface area contributed by atoms with Crippen LogP contribution in [0, 0.1) is 0 Å². The second-order valence-corrected chi connectivity index (χ2v) is 6.12. The highest BCUT2D eigenvalue weighted by Gasteiger charge is 2.16. The van der Waals surface area contributed by atoms with Crippen LogP contribution in [-0.4, -0.2) is 24.1 Å². The molecular formula is C20H22ClN3O. The van der Waals surface area contributed by atoms with Crippen molar-refractivity contribution in [3.8, 4) is 5.75 Å². The Balaban J connectivity index is 0.00000182. The van der Waals surface area contributed by atoms with Gasteiger partial charge in [-0.15, -0.1) is 12.4 Å². The first kappa shape index (κ1) is 17.5. The maximum absolute atomic E-state index is 6.03. The van der Waals surface area contributed by atoms with Crippen LogP contribution in [0.5, 0.6) is 5.75 Å². The van der Waals surface area contributed by atoms with E-state index in [0.29, 0.717) is 12.6 Å². The molecule has 4 rings (SSSR count). The third-order valence-corrected chi connectivity index (χ3v) is 4.39. The molecule has 0 unspecified atom stereocenters. The molecule has 2 aromatic carbocycles. The summed E-state index contributed by atoms with van der Waals surface area (Å²) in [7, 11) is 0. The van der Waals surface area contributed by atoms with E-state index in [-0.39, 0.29) is 12.4 Å². The number of hydrogen-bond donors (Lipinski definition) is 2. The summed E-state index contributed by atoms with van der Waals surface area (Å²) in [5, 5.41) is 8.12. The standard InChI is InChI=1S/C20H21N3O.ClH/c1-2-5-15(6-3-1)14-24-19-9-8-18(23-16-10-12-21-13-16)17-7-4-11-22-20(17)19;/h1-9,11,16,21,23H,10,12-14H2;1H/t16-;/m0./s1. The van der Waals surface area contributed by atoms with Gasteiger partial charge in [0.25, 0.3) is 0 Å². The smallest absolute Gasteiger partial charge is 0.146 e. The zero-order valence-electron chi connectivity index (χ0n) is 13.9. The summed E-state index contributed by atoms with van der Waals surface area (Å²) in [4.78, 5) is 4.55. The monoisotopic (exact) mass is 355 g/mol. The predicted octanol–water partition coefficient (Wildman–Crippen LogP) is 4.01. The van der Waals surface area contributed by atoms with E-state index >= 15 is 0 Å². The molecule has 0 bridgehead atoms. The molecule has 0 saturated carbocycles. The molecule has 25 heavy (non-hydrogen) atoms. The number of benzene rings is 2. The first-order valence-electron chi connectivity index (χ1n) is 8.42. The van der Waals surface area contributed by atoms with Crippen LogP contribution in [0.1, 0.15) is 12.0 Å². The number of ether oxygens (including phenoxy) is 1. The fourth-order valence-corrected chi connectivity index (χ4v) is 3.12. The molecule has 4 nitrogen and oxygen atoms in total. The molecule has 0 aliphatic carbocycles. The minimum Gasteiger partial charge on any atom is -0.487 e. The summed E-state index contributed by atoms with van der Waals surface area (Å²) >= 11 is 0. The van der Waals surface area contributed by atoms with Crippen molar-refractivity contribution in [2.24, 2.45) is 0 Å². The van der Waals surface area contributed by atoms with Gasteiger partial charge in [-0.25, -0.2) is 0 Å². The van der Waals surface area contributed by atoms with Crippen LogP contribution in [0.15, 0.2) is 60.8 Å². The Morgan fingerprint density at radius 3 is 2.76 bits per heavy atom. The number of anilines is 1. The van der Waals surface area contributed by atoms with E-state index < -0.39 is 0 Å². The van der Waals surface area contributed by atoms with Crippen molar-refractivity contribution >= 4 is 29.0 Å². The normalized spacial score (nSPS) is 16.4. The number of hydrogen-bond acceptors (Lipinski definition) is 4. The lowest BCUT2D eigenvalue weighted by molar-refractivity contribution is 0.309. The molecule has 0 amide bonds. The van der Waals surface area contributed by atoms with Gasteiger partial charge in [0.05, 0.1) is 0 Å². The van der Waals surface area contributed by atoms with Gasteiger partial charge in [0.1, 0.15) is 17.9 Å². The Bertz CT molecular complexity index is 820. The molecule has 2 heterocycles. The van der Waals surface area contributed by atoms with Crippen LogP contribution in [-0.2, 0) is 6.61 Å². The highest BCUT2D eigenvalue weighted by atomic mass is 35.5. The number of nitrogens with zero attached hydrogens (tertiary/aromatic N) is 1. The second kappa shape index (κ2) is 8.19. The van der Waals surface area contributed by atoms with Crippen LogP contribution in [0.25, 0.3) is 10.9 Å². The van der Waals surface area contributed by atoms with Crippen LogP contribution in [0.2, 0.25) is 0 Å². The molecule has 2 N–H and O–H groups in total. The molecule has 1 atom stereocenters. The molecule has 3 aromatic rings. The lowest BCUT2D eigenvalue weighted by Gasteiger charge is -2.16. The zero-order chi connectivity index (χ0) is 16.2. The van der Waals surface area contributed by atoms with Gasteiger partial charge in [-0.05, 0) is 42.8 Å². The Morgan fingerprint density at radius 2 is 1.96 bits per heavy atom. The largest absolute Gasteiger partial charge is 0.487 e. The first-order valence-corrected chi connectivity index (χ1v) is 8.42. The predicted molar refractivity (Wildman–Crippen MR) is 105 cm³/mol. The highest BCUT2D eigenvalue weighted by molar-refractivity contribution is 5.95. The van der Waals surface area contributed by atoms with Gasteiger partial charge in [0.15, 0.2) is 0 Å². The van der Waals surface area contributed by atoms with Crippen molar-refractivity contribution in [1.29, 1.82) is 0 Å². The summed E-state index contributed by atoms with van der Waals surface area (Å²) in [5.41, 5.74) is 3.18. The Kier molecular flexibility index (Phi) is 5.74. The van der Waals surface area contributed by atoms with E-state index in [1.807, 2.05) is 36.5 Å². The van der Waals surface area contributed by atoms with E-state index in [4.69, 9.17) is 4.74 Å². The van der Waals surface area contributed by atoms with Gasteiger partial charge in [-0.2, -0.15) is 0 Å². The zero-order valence-corrected chi connectivity index (χ0v) is 14.8. The van der Waals surface area contributed by atoms with Gasteiger partial charge < -0.3 is 15.4 Å². The van der Waals surface area contributed by atoms with Gasteiger partial charge in [0.2, 0.25) is 0 Å². The summed E-state index contributed by atoms with van der Waals surface area (Å²) in [5.74, 6) is 0.824. The third-order valence-electron chi connectivity index (χ3n) is 4.39. The van der Waals surface area contributed by atoms with Crippen molar-refractivity contribution in [2.45, 2.75) is 19.1 Å². The highest BCUT2D eigenvalue weighted by Crippen LogP contribution is 2.31. The van der Waals surface area contributed by atoms with Gasteiger partial charge in [-0.3, -0.25) is 4.98 Å². The summed E-state index contributed by atoms with van der Waals surface area (Å²) in [6.07, 6.45) is 2.96. The second-order valence-electron chi connectivity index (χ2n) is 6.12. The van der Waals surface area contributed by atoms with Gasteiger partial charge in [0, 0.05) is 29.9 Å². The number of rotatable bonds is 5. The van der Waals surface area contributed by atoms with Crippen LogP contribution in [0.3, 0.4) is 0 Å². The minimum absolute atomic E-state index is 0. The van der Waals surface area contributed by atoms with Crippen molar-refractivity contribution in [2.75, 3.05) is 18.4 Å². The molecule has 5 heteroatoms. The molecule has 0 spiro atoms. The lowest BCUT2D eigenvalue weighted by atomic mass is 10.1. The average Bonchev–Trinajstić information content (AvgIpc) is 3.15. The van der Waals surface area contributed by atoms with Crippen LogP contribution in [0.4, 0.5) is 5.69 Å². The average molecular weight is 356 g/mol. The van der Waals surface area contributed by atoms with Crippen molar-refractivity contribution in [3.63, 3.8) is 0 Å². The Labute approximate surface area is 154 Å². The molecule has 1 aliphatic rings. The summed E-state index contributed by atoms with van der Waals surface area (Å²) in [6.45, 7) is 2.63. The van der Waals surface area contributed by atoms with E-state index in [9.17, 15) is 0 Å². The number of aromatic nitrogens is 1. The van der Waals surface area contributed by atoms with Gasteiger partial charge >= 0.3 is 0 Å². The number of halogens is 1. The fourth-order valence-electron chi connectivity index (χ4n) is 3.12. The molecule has 1 fully saturated rings. The van der Waals surface area contributed by atoms with Crippen molar-refractivity contribution in [1.82, 2.24) is 10.3 Å². The van der Waals surface area contributed by atoms with E-state index in [1.54, 1.807) is 0 Å². The van der Waals surface area contributed by atoms with Gasteiger partial charge in [-0.1, -0.05) is 30.3 Å². The number of nitrogens with one attached hydrogen (secondary N) is 2. The minimum atomic E-state index is 0. The molecule has 0 radical (unpaired) electrons. The molecule has 1 saturated heterocycles. The van der Waals surface area contributed by atoms with E-state index in [2.05, 4.69) is 39.9 Å².